The smallest absolute Gasteiger partial charge is 0.255 e. The number of phenols is 1. The number of aliphatic hydroxyl groups excluding tert-OH is 2. The lowest BCUT2D eigenvalue weighted by Crippen LogP contribution is -2.65. The fourth-order valence-electron chi connectivity index (χ4n) is 7.15. The maximum absolute atomic E-state index is 14.0. The van der Waals surface area contributed by atoms with Crippen LogP contribution in [0.2, 0.25) is 0 Å². The number of nitrogens with zero attached hydrogens (tertiary/aromatic N) is 1. The first-order valence-corrected chi connectivity index (χ1v) is 14.8. The predicted molar refractivity (Wildman–Crippen MR) is 162 cm³/mol. The van der Waals surface area contributed by atoms with Crippen LogP contribution in [0, 0.1) is 17.8 Å². The number of fused-ring (bicyclic) bond motifs is 3. The standard InChI is InChI=1S/C34H38N2O8/c1-5-16(2)12-20(37)13-17-6-8-18(9-7-17)21-10-11-24(38)26-22(21)14-19-15-23-28(36(3)4)30(40)27(33(35)43)32(42)34(23,44)31(41)25(19)29(26)39/h6-11,16,19,23,28,38-39,42,44H,5,12-15H2,1-4H3,(H2,35,43)/t16?,19-,23-,28-,34-/m0/s1. The van der Waals surface area contributed by atoms with Crippen LogP contribution in [0.3, 0.4) is 0 Å². The summed E-state index contributed by atoms with van der Waals surface area (Å²) in [6.07, 6.45) is 1.98. The van der Waals surface area contributed by atoms with Crippen LogP contribution in [0.1, 0.15) is 49.8 Å². The average Bonchev–Trinajstić information content (AvgIpc) is 2.95. The minimum absolute atomic E-state index is 0.0120. The van der Waals surface area contributed by atoms with Gasteiger partial charge in [0.25, 0.3) is 5.91 Å². The number of ketones is 3. The third-order valence-corrected chi connectivity index (χ3v) is 9.54. The lowest BCUT2D eigenvalue weighted by atomic mass is 9.57. The number of aromatic hydroxyl groups is 1. The number of Topliss-reactive ketones (excluding diaryl/α,β-unsaturated/α-hetero) is 3. The van der Waals surface area contributed by atoms with Gasteiger partial charge in [-0.1, -0.05) is 50.6 Å². The van der Waals surface area contributed by atoms with E-state index in [4.69, 9.17) is 5.73 Å². The van der Waals surface area contributed by atoms with Crippen molar-refractivity contribution in [3.63, 3.8) is 0 Å². The van der Waals surface area contributed by atoms with Gasteiger partial charge in [0.15, 0.2) is 11.4 Å². The molecule has 1 unspecified atom stereocenters. The highest BCUT2D eigenvalue weighted by atomic mass is 16.3. The highest BCUT2D eigenvalue weighted by Crippen LogP contribution is 2.53. The molecule has 6 N–H and O–H groups in total. The van der Waals surface area contributed by atoms with Gasteiger partial charge in [-0.05, 0) is 67.1 Å². The van der Waals surface area contributed by atoms with E-state index in [1.807, 2.05) is 24.3 Å². The molecule has 0 aromatic heterocycles. The van der Waals surface area contributed by atoms with Gasteiger partial charge in [0.1, 0.15) is 28.6 Å². The molecule has 5 rings (SSSR count). The Morgan fingerprint density at radius 3 is 2.32 bits per heavy atom. The maximum atomic E-state index is 14.0. The molecule has 232 valence electrons. The molecular weight excluding hydrogens is 564 g/mol. The van der Waals surface area contributed by atoms with Gasteiger partial charge in [-0.3, -0.25) is 24.1 Å². The highest BCUT2D eigenvalue weighted by Gasteiger charge is 2.64. The van der Waals surface area contributed by atoms with Crippen LogP contribution in [0.15, 0.2) is 53.3 Å². The Morgan fingerprint density at radius 1 is 1.07 bits per heavy atom. The molecule has 1 fully saturated rings. The van der Waals surface area contributed by atoms with E-state index >= 15 is 0 Å². The van der Waals surface area contributed by atoms with Gasteiger partial charge >= 0.3 is 0 Å². The van der Waals surface area contributed by atoms with Crippen molar-refractivity contribution in [3.05, 3.63) is 70.0 Å². The van der Waals surface area contributed by atoms with Crippen LogP contribution in [0.4, 0.5) is 0 Å². The van der Waals surface area contributed by atoms with Gasteiger partial charge in [-0.2, -0.15) is 0 Å². The first-order chi connectivity index (χ1) is 20.7. The largest absolute Gasteiger partial charge is 0.508 e. The predicted octanol–water partition coefficient (Wildman–Crippen LogP) is 3.18. The summed E-state index contributed by atoms with van der Waals surface area (Å²) in [5.41, 5.74) is 4.63. The van der Waals surface area contributed by atoms with E-state index in [1.54, 1.807) is 20.2 Å². The average molecular weight is 603 g/mol. The van der Waals surface area contributed by atoms with Crippen molar-refractivity contribution in [1.82, 2.24) is 4.90 Å². The lowest BCUT2D eigenvalue weighted by molar-refractivity contribution is -0.153. The molecule has 44 heavy (non-hydrogen) atoms. The second kappa shape index (κ2) is 11.3. The number of aliphatic hydroxyl groups is 3. The quantitative estimate of drug-likeness (QED) is 0.284. The number of benzene rings is 2. The Balaban J connectivity index is 1.58. The summed E-state index contributed by atoms with van der Waals surface area (Å²) in [6.45, 7) is 4.11. The number of carbonyl (C=O) groups is 4. The monoisotopic (exact) mass is 602 g/mol. The van der Waals surface area contributed by atoms with E-state index in [0.717, 1.165) is 17.5 Å². The molecule has 0 heterocycles. The first kappa shape index (κ1) is 31.2. The third-order valence-electron chi connectivity index (χ3n) is 9.54. The van der Waals surface area contributed by atoms with E-state index < -0.39 is 58.0 Å². The van der Waals surface area contributed by atoms with Crippen molar-refractivity contribution in [1.29, 1.82) is 0 Å². The fraction of sp³-hybridized carbons (Fsp3) is 0.412. The molecule has 0 saturated heterocycles. The number of phenolic OH excluding ortho intramolecular Hbond substituents is 1. The molecule has 3 aliphatic carbocycles. The molecule has 0 bridgehead atoms. The Labute approximate surface area is 255 Å². The molecule has 0 spiro atoms. The van der Waals surface area contributed by atoms with E-state index in [2.05, 4.69) is 13.8 Å². The van der Waals surface area contributed by atoms with Crippen LogP contribution < -0.4 is 5.73 Å². The first-order valence-electron chi connectivity index (χ1n) is 14.8. The molecule has 3 aliphatic rings. The Hall–Kier alpha value is -4.28. The van der Waals surface area contributed by atoms with E-state index in [0.29, 0.717) is 29.9 Å². The van der Waals surface area contributed by atoms with E-state index in [9.17, 15) is 39.6 Å². The minimum Gasteiger partial charge on any atom is -0.508 e. The van der Waals surface area contributed by atoms with Gasteiger partial charge in [0, 0.05) is 24.3 Å². The maximum Gasteiger partial charge on any atom is 0.255 e. The van der Waals surface area contributed by atoms with Crippen LogP contribution in [0.5, 0.6) is 5.75 Å². The number of carbonyl (C=O) groups excluding carboxylic acids is 4. The summed E-state index contributed by atoms with van der Waals surface area (Å²) in [5, 5.41) is 45.1. The molecule has 0 radical (unpaired) electrons. The molecule has 1 amide bonds. The van der Waals surface area contributed by atoms with E-state index in [1.165, 1.54) is 11.0 Å². The van der Waals surface area contributed by atoms with Gasteiger partial charge in [-0.15, -0.1) is 0 Å². The van der Waals surface area contributed by atoms with Crippen LogP contribution in [-0.4, -0.2) is 74.3 Å². The number of hydrogen-bond acceptors (Lipinski definition) is 9. The normalized spacial score (nSPS) is 25.5. The van der Waals surface area contributed by atoms with Crippen molar-refractivity contribution in [3.8, 4) is 16.9 Å². The molecule has 2 aromatic rings. The number of hydrogen-bond donors (Lipinski definition) is 5. The number of primary amides is 1. The molecule has 10 heteroatoms. The summed E-state index contributed by atoms with van der Waals surface area (Å²) in [4.78, 5) is 53.4. The zero-order chi connectivity index (χ0) is 32.2. The number of nitrogens with two attached hydrogens (primary N) is 1. The Bertz CT molecular complexity index is 1640. The van der Waals surface area contributed by atoms with Crippen molar-refractivity contribution in [2.45, 2.75) is 57.6 Å². The van der Waals surface area contributed by atoms with E-state index in [-0.39, 0.29) is 35.5 Å². The summed E-state index contributed by atoms with van der Waals surface area (Å²) in [5.74, 6) is -6.37. The fourth-order valence-corrected chi connectivity index (χ4v) is 7.15. The Morgan fingerprint density at radius 2 is 1.73 bits per heavy atom. The molecule has 0 aliphatic heterocycles. The summed E-state index contributed by atoms with van der Waals surface area (Å²) >= 11 is 0. The molecule has 10 nitrogen and oxygen atoms in total. The SMILES string of the molecule is CCC(C)CC(=O)Cc1ccc(-c2ccc(O)c3c2C[C@H]2C[C@H]4[C@H](N(C)C)C(=O)C(C(N)=O)=C(O)[C@@]4(O)C(=O)C2=C3O)cc1. The highest BCUT2D eigenvalue weighted by molar-refractivity contribution is 6.24. The van der Waals surface area contributed by atoms with Crippen molar-refractivity contribution in [2.75, 3.05) is 14.1 Å². The van der Waals surface area contributed by atoms with Crippen LogP contribution in [-0.2, 0) is 32.0 Å². The topological polar surface area (TPSA) is 178 Å². The Kier molecular flexibility index (Phi) is 8.02. The summed E-state index contributed by atoms with van der Waals surface area (Å²) in [6, 6.07) is 9.47. The summed E-state index contributed by atoms with van der Waals surface area (Å²) < 4.78 is 0. The van der Waals surface area contributed by atoms with Crippen molar-refractivity contribution >= 4 is 29.0 Å². The lowest BCUT2D eigenvalue weighted by Gasteiger charge is -2.50. The minimum atomic E-state index is -2.68. The molecule has 2 aromatic carbocycles. The summed E-state index contributed by atoms with van der Waals surface area (Å²) in [7, 11) is 3.12. The number of amides is 1. The van der Waals surface area contributed by atoms with Crippen molar-refractivity contribution < 1.29 is 39.6 Å². The second-order valence-corrected chi connectivity index (χ2v) is 12.6. The van der Waals surface area contributed by atoms with Crippen LogP contribution in [0.25, 0.3) is 16.9 Å². The molecule has 5 atom stereocenters. The molecular formula is C34H38N2O8. The number of likely N-dealkylation sites (N-methyl/N-ethyl adjacent to an activating group) is 1. The van der Waals surface area contributed by atoms with Gasteiger partial charge in [0.05, 0.1) is 11.6 Å². The van der Waals surface area contributed by atoms with Crippen molar-refractivity contribution in [2.24, 2.45) is 23.5 Å². The zero-order valence-corrected chi connectivity index (χ0v) is 25.3. The zero-order valence-electron chi connectivity index (χ0n) is 25.3. The van der Waals surface area contributed by atoms with Gasteiger partial charge in [0.2, 0.25) is 5.78 Å². The van der Waals surface area contributed by atoms with Crippen LogP contribution >= 0.6 is 0 Å². The third kappa shape index (κ3) is 4.82. The number of rotatable bonds is 8. The molecule has 1 saturated carbocycles. The van der Waals surface area contributed by atoms with Gasteiger partial charge in [-0.25, -0.2) is 0 Å². The van der Waals surface area contributed by atoms with Gasteiger partial charge < -0.3 is 26.2 Å². The second-order valence-electron chi connectivity index (χ2n) is 12.6.